The molecule has 0 aliphatic carbocycles. The van der Waals surface area contributed by atoms with E-state index in [-0.39, 0.29) is 0 Å². The predicted molar refractivity (Wildman–Crippen MR) is 95.9 cm³/mol. The van der Waals surface area contributed by atoms with Gasteiger partial charge in [0.1, 0.15) is 0 Å². The lowest BCUT2D eigenvalue weighted by Crippen LogP contribution is -2.00. The van der Waals surface area contributed by atoms with E-state index in [0.29, 0.717) is 10.0 Å². The maximum absolute atomic E-state index is 5.98. The van der Waals surface area contributed by atoms with Crippen molar-refractivity contribution >= 4 is 34.6 Å². The Kier molecular flexibility index (Phi) is 4.65. The average molecular weight is 345 g/mol. The van der Waals surface area contributed by atoms with Gasteiger partial charge in [-0.25, -0.2) is 4.98 Å². The summed E-state index contributed by atoms with van der Waals surface area (Å²) >= 11 is 11.9. The van der Waals surface area contributed by atoms with Crippen LogP contribution in [0.25, 0.3) is 5.69 Å². The lowest BCUT2D eigenvalue weighted by atomic mass is 10.1. The van der Waals surface area contributed by atoms with Gasteiger partial charge in [0, 0.05) is 18.1 Å². The first-order valence-corrected chi connectivity index (χ1v) is 7.73. The lowest BCUT2D eigenvalue weighted by molar-refractivity contribution is 1.06. The molecule has 0 bridgehead atoms. The van der Waals surface area contributed by atoms with Crippen molar-refractivity contribution < 1.29 is 0 Å². The van der Waals surface area contributed by atoms with Crippen molar-refractivity contribution in [3.8, 4) is 5.69 Å². The summed E-state index contributed by atoms with van der Waals surface area (Å²) < 4.78 is 1.95. The van der Waals surface area contributed by atoms with Crippen LogP contribution in [0.15, 0.2) is 66.3 Å². The highest BCUT2D eigenvalue weighted by Gasteiger charge is 2.01. The largest absolute Gasteiger partial charge is 0.306 e. The summed E-state index contributed by atoms with van der Waals surface area (Å²) in [5, 5.41) is 5.39. The van der Waals surface area contributed by atoms with Gasteiger partial charge in [0.25, 0.3) is 0 Å². The van der Waals surface area contributed by atoms with Crippen molar-refractivity contribution in [1.82, 2.24) is 9.55 Å². The molecule has 0 aliphatic rings. The van der Waals surface area contributed by atoms with Gasteiger partial charge in [-0.05, 0) is 42.8 Å². The number of imidazole rings is 1. The Morgan fingerprint density at radius 3 is 2.52 bits per heavy atom. The molecule has 0 unspecified atom stereocenters. The number of nitrogens with zero attached hydrogens (tertiary/aromatic N) is 3. The molecule has 116 valence electrons. The van der Waals surface area contributed by atoms with E-state index in [2.05, 4.69) is 15.5 Å². The number of hydrogen-bond donors (Lipinski definition) is 1. The molecular weight excluding hydrogens is 331 g/mol. The van der Waals surface area contributed by atoms with Gasteiger partial charge in [0.15, 0.2) is 0 Å². The third-order valence-electron chi connectivity index (χ3n) is 3.36. The summed E-state index contributed by atoms with van der Waals surface area (Å²) in [5.74, 6) is 0. The molecule has 0 aliphatic heterocycles. The summed E-state index contributed by atoms with van der Waals surface area (Å²) in [5.41, 5.74) is 6.72. The van der Waals surface area contributed by atoms with Crippen LogP contribution in [0, 0.1) is 0 Å². The molecule has 4 nitrogen and oxygen atoms in total. The van der Waals surface area contributed by atoms with Crippen LogP contribution < -0.4 is 5.43 Å². The first-order valence-electron chi connectivity index (χ1n) is 6.97. The number of rotatable bonds is 4. The zero-order valence-electron chi connectivity index (χ0n) is 12.4. The molecule has 3 aromatic rings. The molecule has 1 heterocycles. The van der Waals surface area contributed by atoms with Gasteiger partial charge >= 0.3 is 0 Å². The van der Waals surface area contributed by atoms with Crippen LogP contribution in [0.4, 0.5) is 5.69 Å². The van der Waals surface area contributed by atoms with Crippen molar-refractivity contribution in [3.05, 3.63) is 76.8 Å². The molecule has 0 spiro atoms. The van der Waals surface area contributed by atoms with Crippen molar-refractivity contribution in [2.45, 2.75) is 6.92 Å². The second-order valence-electron chi connectivity index (χ2n) is 4.95. The Morgan fingerprint density at radius 2 is 1.87 bits per heavy atom. The van der Waals surface area contributed by atoms with Gasteiger partial charge in [0.05, 0.1) is 27.8 Å². The number of halogens is 2. The molecule has 3 rings (SSSR count). The number of anilines is 1. The van der Waals surface area contributed by atoms with Gasteiger partial charge in [0.2, 0.25) is 0 Å². The van der Waals surface area contributed by atoms with Crippen LogP contribution in [-0.4, -0.2) is 15.3 Å². The number of aromatic nitrogens is 2. The number of hydrogen-bond acceptors (Lipinski definition) is 3. The van der Waals surface area contributed by atoms with Gasteiger partial charge in [-0.3, -0.25) is 5.43 Å². The summed E-state index contributed by atoms with van der Waals surface area (Å²) in [7, 11) is 0. The van der Waals surface area contributed by atoms with E-state index < -0.39 is 0 Å². The van der Waals surface area contributed by atoms with Crippen molar-refractivity contribution in [3.63, 3.8) is 0 Å². The highest BCUT2D eigenvalue weighted by atomic mass is 35.5. The van der Waals surface area contributed by atoms with Gasteiger partial charge in [-0.2, -0.15) is 5.10 Å². The predicted octanol–water partition coefficient (Wildman–Crippen LogP) is 5.02. The van der Waals surface area contributed by atoms with Crippen molar-refractivity contribution in [2.75, 3.05) is 5.43 Å². The molecule has 0 radical (unpaired) electrons. The maximum atomic E-state index is 5.98. The van der Waals surface area contributed by atoms with E-state index in [9.17, 15) is 0 Å². The molecule has 0 saturated carbocycles. The van der Waals surface area contributed by atoms with Crippen LogP contribution in [-0.2, 0) is 0 Å². The van der Waals surface area contributed by atoms with E-state index in [4.69, 9.17) is 23.2 Å². The molecule has 0 fully saturated rings. The molecule has 6 heteroatoms. The third-order valence-corrected chi connectivity index (χ3v) is 4.10. The molecule has 1 aromatic heterocycles. The summed E-state index contributed by atoms with van der Waals surface area (Å²) in [6, 6.07) is 13.4. The Bertz CT molecular complexity index is 824. The number of hydrazone groups is 1. The zero-order chi connectivity index (χ0) is 16.2. The third kappa shape index (κ3) is 3.73. The fraction of sp³-hybridized carbons (Fsp3) is 0.0588. The second-order valence-corrected chi connectivity index (χ2v) is 5.77. The SMILES string of the molecule is C/C(=N/Nc1ccc(Cl)c(Cl)c1)c1ccc(-n2ccnc2)cc1. The zero-order valence-corrected chi connectivity index (χ0v) is 13.9. The fourth-order valence-corrected chi connectivity index (χ4v) is 2.36. The Balaban J connectivity index is 1.74. The number of nitrogens with one attached hydrogen (secondary N) is 1. The van der Waals surface area contributed by atoms with E-state index in [1.54, 1.807) is 24.7 Å². The van der Waals surface area contributed by atoms with E-state index in [1.807, 2.05) is 48.0 Å². The smallest absolute Gasteiger partial charge is 0.0991 e. The Labute approximate surface area is 144 Å². The van der Waals surface area contributed by atoms with E-state index >= 15 is 0 Å². The second kappa shape index (κ2) is 6.86. The molecule has 0 atom stereocenters. The Hall–Kier alpha value is -2.30. The van der Waals surface area contributed by atoms with Crippen LogP contribution >= 0.6 is 23.2 Å². The summed E-state index contributed by atoms with van der Waals surface area (Å²) in [4.78, 5) is 4.04. The van der Waals surface area contributed by atoms with E-state index in [1.165, 1.54) is 0 Å². The minimum absolute atomic E-state index is 0.495. The highest BCUT2D eigenvalue weighted by Crippen LogP contribution is 2.25. The molecule has 1 N–H and O–H groups in total. The average Bonchev–Trinajstić information content (AvgIpc) is 3.10. The summed E-state index contributed by atoms with van der Waals surface area (Å²) in [6.07, 6.45) is 5.42. The van der Waals surface area contributed by atoms with Crippen LogP contribution in [0.1, 0.15) is 12.5 Å². The van der Waals surface area contributed by atoms with Gasteiger partial charge in [-0.1, -0.05) is 35.3 Å². The fourth-order valence-electron chi connectivity index (χ4n) is 2.07. The first kappa shape index (κ1) is 15.6. The topological polar surface area (TPSA) is 42.2 Å². The molecule has 23 heavy (non-hydrogen) atoms. The van der Waals surface area contributed by atoms with Gasteiger partial charge in [-0.15, -0.1) is 0 Å². The summed E-state index contributed by atoms with van der Waals surface area (Å²) in [6.45, 7) is 1.94. The quantitative estimate of drug-likeness (QED) is 0.533. The standard InChI is InChI=1S/C17H14Cl2N4/c1-12(21-22-14-4-7-16(18)17(19)10-14)13-2-5-15(6-3-13)23-9-8-20-11-23/h2-11,22H,1H3/b21-12-. The molecular formula is C17H14Cl2N4. The molecule has 0 amide bonds. The van der Waals surface area contributed by atoms with Crippen molar-refractivity contribution in [2.24, 2.45) is 5.10 Å². The normalized spacial score (nSPS) is 11.5. The van der Waals surface area contributed by atoms with E-state index in [0.717, 1.165) is 22.6 Å². The number of benzene rings is 2. The van der Waals surface area contributed by atoms with Gasteiger partial charge < -0.3 is 4.57 Å². The first-order chi connectivity index (χ1) is 11.1. The van der Waals surface area contributed by atoms with Crippen molar-refractivity contribution in [1.29, 1.82) is 0 Å². The molecule has 2 aromatic carbocycles. The van der Waals surface area contributed by atoms with Crippen LogP contribution in [0.2, 0.25) is 10.0 Å². The maximum Gasteiger partial charge on any atom is 0.0991 e. The highest BCUT2D eigenvalue weighted by molar-refractivity contribution is 6.42. The minimum atomic E-state index is 0.495. The Morgan fingerprint density at radius 1 is 1.09 bits per heavy atom. The van der Waals surface area contributed by atoms with Crippen LogP contribution in [0.5, 0.6) is 0 Å². The molecule has 0 saturated heterocycles. The monoisotopic (exact) mass is 344 g/mol. The lowest BCUT2D eigenvalue weighted by Gasteiger charge is -2.06. The minimum Gasteiger partial charge on any atom is -0.306 e. The van der Waals surface area contributed by atoms with Crippen LogP contribution in [0.3, 0.4) is 0 Å².